The molecule has 0 aromatic rings. The van der Waals surface area contributed by atoms with E-state index in [0.29, 0.717) is 0 Å². The predicted molar refractivity (Wildman–Crippen MR) is 33.0 cm³/mol. The highest BCUT2D eigenvalue weighted by atomic mass is 32.1. The largest absolute Gasteiger partial charge is 0.415 e. The Morgan fingerprint density at radius 2 is 1.83 bits per heavy atom. The highest BCUT2D eigenvalue weighted by molar-refractivity contribution is 8.00. The number of hydrogen-bond donors (Lipinski definition) is 2. The minimum absolute atomic E-state index is 0.0833. The molecule has 38 valence electrons. The van der Waals surface area contributed by atoms with Crippen molar-refractivity contribution in [2.24, 2.45) is 5.73 Å². The zero-order valence-electron chi connectivity index (χ0n) is 3.60. The van der Waals surface area contributed by atoms with Gasteiger partial charge in [0, 0.05) is 0 Å². The maximum atomic E-state index is 4.66. The smallest absolute Gasteiger partial charge is 0.0634 e. The van der Waals surface area contributed by atoms with Crippen LogP contribution in [0.1, 0.15) is 0 Å². The third kappa shape index (κ3) is 7830. The number of thiocarbonyl (C=S) groups is 1. The molecular formula is C2H8N2S2. The normalized spacial score (nSPS) is 5.00. The fourth-order valence-electron chi connectivity index (χ4n) is 0. The molecule has 6 heavy (non-hydrogen) atoms. The molecular weight excluding hydrogens is 116 g/mol. The van der Waals surface area contributed by atoms with Gasteiger partial charge in [-0.1, -0.05) is 4.32 Å². The number of hydrogen-bond acceptors (Lipinski definition) is 2. The Hall–Kier alpha value is 0.0700. The lowest BCUT2D eigenvalue weighted by Crippen LogP contribution is -2.40. The lowest BCUT2D eigenvalue weighted by atomic mass is 11.5. The van der Waals surface area contributed by atoms with Crippen molar-refractivity contribution in [3.05, 3.63) is 0 Å². The first-order valence-electron chi connectivity index (χ1n) is 1.40. The Bertz CT molecular complexity index is 32.5. The average Bonchev–Trinajstić information content (AvgIpc) is 1.41. The lowest BCUT2D eigenvalue weighted by molar-refractivity contribution is -0.325. The summed E-state index contributed by atoms with van der Waals surface area (Å²) in [5, 5.41) is 0. The SMILES string of the molecule is C[NH3+].NC(=S)[S-]. The van der Waals surface area contributed by atoms with Crippen molar-refractivity contribution < 1.29 is 5.73 Å². The molecule has 0 bridgehead atoms. The molecule has 0 aromatic carbocycles. The summed E-state index contributed by atoms with van der Waals surface area (Å²) in [6.45, 7) is 0. The monoisotopic (exact) mass is 124 g/mol. The van der Waals surface area contributed by atoms with E-state index in [4.69, 9.17) is 0 Å². The molecule has 5 N–H and O–H groups in total. The van der Waals surface area contributed by atoms with E-state index >= 15 is 0 Å². The van der Waals surface area contributed by atoms with Crippen LogP contribution in [0.3, 0.4) is 0 Å². The van der Waals surface area contributed by atoms with E-state index in [1.54, 1.807) is 7.05 Å². The Kier molecular flexibility index (Phi) is 14.0. The van der Waals surface area contributed by atoms with Crippen molar-refractivity contribution in [3.8, 4) is 0 Å². The van der Waals surface area contributed by atoms with Crippen molar-refractivity contribution >= 4 is 29.2 Å². The van der Waals surface area contributed by atoms with Gasteiger partial charge in [-0.05, 0) is 0 Å². The first-order chi connectivity index (χ1) is 2.73. The zero-order valence-corrected chi connectivity index (χ0v) is 5.23. The molecule has 0 aliphatic carbocycles. The first-order valence-corrected chi connectivity index (χ1v) is 2.22. The topological polar surface area (TPSA) is 53.7 Å². The summed E-state index contributed by atoms with van der Waals surface area (Å²) in [6, 6.07) is 0. The van der Waals surface area contributed by atoms with Gasteiger partial charge in [-0.3, -0.25) is 0 Å². The third-order valence-corrected chi connectivity index (χ3v) is 0. The molecule has 0 radical (unpaired) electrons. The third-order valence-electron chi connectivity index (χ3n) is 0. The molecule has 2 nitrogen and oxygen atoms in total. The van der Waals surface area contributed by atoms with E-state index in [9.17, 15) is 0 Å². The van der Waals surface area contributed by atoms with Gasteiger partial charge in [0.05, 0.1) is 7.05 Å². The molecule has 0 unspecified atom stereocenters. The summed E-state index contributed by atoms with van der Waals surface area (Å²) >= 11 is 8.26. The van der Waals surface area contributed by atoms with Gasteiger partial charge in [0.15, 0.2) is 0 Å². The van der Waals surface area contributed by atoms with Crippen LogP contribution in [0.2, 0.25) is 0 Å². The fraction of sp³-hybridized carbons (Fsp3) is 0.500. The highest BCUT2D eigenvalue weighted by Crippen LogP contribution is 1.45. The van der Waals surface area contributed by atoms with Crippen LogP contribution in [-0.4, -0.2) is 11.4 Å². The van der Waals surface area contributed by atoms with Gasteiger partial charge in [-0.25, -0.2) is 0 Å². The van der Waals surface area contributed by atoms with Crippen LogP contribution in [0.4, 0.5) is 0 Å². The van der Waals surface area contributed by atoms with Gasteiger partial charge in [0.25, 0.3) is 0 Å². The standard InChI is InChI=1S/CH3NS2.CH5N/c2-1(3)4;1-2/h(H3,2,3,4);2H2,1H3. The molecule has 0 saturated carbocycles. The van der Waals surface area contributed by atoms with Gasteiger partial charge >= 0.3 is 0 Å². The summed E-state index contributed by atoms with van der Waals surface area (Å²) in [5.41, 5.74) is 7.91. The van der Waals surface area contributed by atoms with Crippen molar-refractivity contribution in [3.63, 3.8) is 0 Å². The minimum atomic E-state index is 0.0833. The van der Waals surface area contributed by atoms with Crippen LogP contribution >= 0.6 is 12.2 Å². The quantitative estimate of drug-likeness (QED) is 0.309. The van der Waals surface area contributed by atoms with Crippen molar-refractivity contribution in [2.45, 2.75) is 0 Å². The summed E-state index contributed by atoms with van der Waals surface area (Å²) in [7, 11) is 1.75. The minimum Gasteiger partial charge on any atom is -0.415 e. The zero-order chi connectivity index (χ0) is 5.58. The molecule has 0 spiro atoms. The Labute approximate surface area is 48.3 Å². The van der Waals surface area contributed by atoms with E-state index in [1.165, 1.54) is 0 Å². The summed E-state index contributed by atoms with van der Waals surface area (Å²) < 4.78 is 0.0833. The maximum Gasteiger partial charge on any atom is 0.0634 e. The second-order valence-corrected chi connectivity index (χ2v) is 1.46. The predicted octanol–water partition coefficient (Wildman–Crippen LogP) is -1.36. The molecule has 0 rings (SSSR count). The molecule has 0 aromatic heterocycles. The van der Waals surface area contributed by atoms with Crippen LogP contribution < -0.4 is 11.5 Å². The summed E-state index contributed by atoms with van der Waals surface area (Å²) in [6.07, 6.45) is 0. The van der Waals surface area contributed by atoms with Crippen molar-refractivity contribution in [1.29, 1.82) is 0 Å². The summed E-state index contributed by atoms with van der Waals surface area (Å²) in [5.74, 6) is 0. The molecule has 0 aliphatic rings. The van der Waals surface area contributed by atoms with Crippen LogP contribution in [0.5, 0.6) is 0 Å². The van der Waals surface area contributed by atoms with Gasteiger partial charge in [0.2, 0.25) is 0 Å². The van der Waals surface area contributed by atoms with Gasteiger partial charge in [0.1, 0.15) is 0 Å². The van der Waals surface area contributed by atoms with Gasteiger partial charge in [-0.15, -0.1) is 0 Å². The van der Waals surface area contributed by atoms with Crippen LogP contribution in [-0.2, 0) is 12.6 Å². The summed E-state index contributed by atoms with van der Waals surface area (Å²) in [4.78, 5) is 0. The molecule has 0 amide bonds. The Morgan fingerprint density at radius 3 is 1.83 bits per heavy atom. The van der Waals surface area contributed by atoms with Gasteiger partial charge in [-0.2, -0.15) is 0 Å². The molecule has 0 saturated heterocycles. The molecule has 0 fully saturated rings. The first kappa shape index (κ1) is 9.42. The van der Waals surface area contributed by atoms with Crippen LogP contribution in [0, 0.1) is 0 Å². The highest BCUT2D eigenvalue weighted by Gasteiger charge is 1.35. The molecule has 0 heterocycles. The van der Waals surface area contributed by atoms with Crippen molar-refractivity contribution in [2.75, 3.05) is 7.05 Å². The molecule has 0 atom stereocenters. The number of quaternary nitrogens is 1. The molecule has 4 heteroatoms. The Balaban J connectivity index is 0. The number of rotatable bonds is 0. The van der Waals surface area contributed by atoms with E-state index in [0.717, 1.165) is 0 Å². The van der Waals surface area contributed by atoms with E-state index < -0.39 is 0 Å². The second-order valence-electron chi connectivity index (χ2n) is 0.319. The maximum absolute atomic E-state index is 4.66. The Morgan fingerprint density at radius 1 is 1.83 bits per heavy atom. The molecule has 0 aliphatic heterocycles. The fourth-order valence-corrected chi connectivity index (χ4v) is 0. The number of nitrogens with two attached hydrogens (primary N) is 1. The lowest BCUT2D eigenvalue weighted by Gasteiger charge is -1.83. The van der Waals surface area contributed by atoms with Gasteiger partial charge < -0.3 is 36.3 Å². The average molecular weight is 124 g/mol. The van der Waals surface area contributed by atoms with Crippen molar-refractivity contribution in [1.82, 2.24) is 0 Å². The van der Waals surface area contributed by atoms with E-state index in [2.05, 4.69) is 36.3 Å². The van der Waals surface area contributed by atoms with Crippen LogP contribution in [0.25, 0.3) is 0 Å². The van der Waals surface area contributed by atoms with E-state index in [1.807, 2.05) is 0 Å². The second kappa shape index (κ2) is 8.91. The van der Waals surface area contributed by atoms with E-state index in [-0.39, 0.29) is 4.32 Å². The van der Waals surface area contributed by atoms with Crippen LogP contribution in [0.15, 0.2) is 0 Å².